The molecule has 5 heteroatoms. The SMILES string of the molecule is C#CCC(CC)Nc1cncc(C(=O)OC)n1. The van der Waals surface area contributed by atoms with E-state index in [9.17, 15) is 4.79 Å². The molecule has 0 bridgehead atoms. The number of ether oxygens (including phenoxy) is 1. The molecule has 1 aromatic heterocycles. The molecule has 1 heterocycles. The topological polar surface area (TPSA) is 64.1 Å². The minimum absolute atomic E-state index is 0.127. The van der Waals surface area contributed by atoms with Crippen LogP contribution in [0.3, 0.4) is 0 Å². The molecule has 0 amide bonds. The number of hydrogen-bond acceptors (Lipinski definition) is 5. The van der Waals surface area contributed by atoms with Gasteiger partial charge in [0.1, 0.15) is 5.82 Å². The molecule has 1 atom stereocenters. The first-order valence-electron chi connectivity index (χ1n) is 5.31. The van der Waals surface area contributed by atoms with Gasteiger partial charge in [0.25, 0.3) is 0 Å². The van der Waals surface area contributed by atoms with Crippen molar-refractivity contribution < 1.29 is 9.53 Å². The van der Waals surface area contributed by atoms with Crippen LogP contribution in [-0.2, 0) is 4.74 Å². The van der Waals surface area contributed by atoms with Crippen molar-refractivity contribution in [2.24, 2.45) is 0 Å². The Balaban J connectivity index is 2.78. The van der Waals surface area contributed by atoms with Gasteiger partial charge in [-0.05, 0) is 6.42 Å². The molecule has 0 saturated carbocycles. The Kier molecular flexibility index (Phi) is 4.95. The minimum Gasteiger partial charge on any atom is -0.464 e. The number of hydrogen-bond donors (Lipinski definition) is 1. The lowest BCUT2D eigenvalue weighted by molar-refractivity contribution is 0.0593. The van der Waals surface area contributed by atoms with Gasteiger partial charge in [0, 0.05) is 12.5 Å². The van der Waals surface area contributed by atoms with Crippen molar-refractivity contribution in [3.8, 4) is 12.3 Å². The average Bonchev–Trinajstić information content (AvgIpc) is 2.37. The van der Waals surface area contributed by atoms with Crippen LogP contribution in [0.2, 0.25) is 0 Å². The highest BCUT2D eigenvalue weighted by Crippen LogP contribution is 2.08. The Labute approximate surface area is 101 Å². The van der Waals surface area contributed by atoms with E-state index in [1.807, 2.05) is 6.92 Å². The van der Waals surface area contributed by atoms with E-state index in [4.69, 9.17) is 6.42 Å². The van der Waals surface area contributed by atoms with E-state index in [-0.39, 0.29) is 11.7 Å². The van der Waals surface area contributed by atoms with E-state index in [2.05, 4.69) is 25.9 Å². The lowest BCUT2D eigenvalue weighted by Gasteiger charge is -2.14. The number of aromatic nitrogens is 2. The third-order valence-corrected chi connectivity index (χ3v) is 2.24. The van der Waals surface area contributed by atoms with Crippen molar-refractivity contribution in [3.63, 3.8) is 0 Å². The summed E-state index contributed by atoms with van der Waals surface area (Å²) in [6, 6.07) is 0.127. The molecule has 5 nitrogen and oxygen atoms in total. The number of esters is 1. The largest absolute Gasteiger partial charge is 0.464 e. The van der Waals surface area contributed by atoms with Crippen LogP contribution in [0.1, 0.15) is 30.3 Å². The second-order valence-electron chi connectivity index (χ2n) is 3.44. The van der Waals surface area contributed by atoms with Gasteiger partial charge in [-0.15, -0.1) is 12.3 Å². The highest BCUT2D eigenvalue weighted by Gasteiger charge is 2.10. The molecule has 17 heavy (non-hydrogen) atoms. The number of methoxy groups -OCH3 is 1. The first kappa shape index (κ1) is 13.0. The second kappa shape index (κ2) is 6.48. The normalized spacial score (nSPS) is 11.4. The van der Waals surface area contributed by atoms with E-state index in [0.29, 0.717) is 12.2 Å². The van der Waals surface area contributed by atoms with Gasteiger partial charge in [0.05, 0.1) is 19.5 Å². The lowest BCUT2D eigenvalue weighted by atomic mass is 10.1. The molecule has 1 rings (SSSR count). The van der Waals surface area contributed by atoms with Crippen LogP contribution in [0.5, 0.6) is 0 Å². The second-order valence-corrected chi connectivity index (χ2v) is 3.44. The maximum absolute atomic E-state index is 11.3. The van der Waals surface area contributed by atoms with Crippen molar-refractivity contribution in [3.05, 3.63) is 18.1 Å². The molecule has 0 radical (unpaired) electrons. The summed E-state index contributed by atoms with van der Waals surface area (Å²) < 4.78 is 4.57. The average molecular weight is 233 g/mol. The van der Waals surface area contributed by atoms with Crippen LogP contribution < -0.4 is 5.32 Å². The highest BCUT2D eigenvalue weighted by atomic mass is 16.5. The van der Waals surface area contributed by atoms with Gasteiger partial charge in [-0.3, -0.25) is 4.98 Å². The van der Waals surface area contributed by atoms with Crippen LogP contribution in [0, 0.1) is 12.3 Å². The van der Waals surface area contributed by atoms with Crippen molar-refractivity contribution in [2.75, 3.05) is 12.4 Å². The molecule has 1 aromatic rings. The van der Waals surface area contributed by atoms with Gasteiger partial charge >= 0.3 is 5.97 Å². The molecule has 0 aromatic carbocycles. The van der Waals surface area contributed by atoms with E-state index < -0.39 is 5.97 Å². The molecule has 0 aliphatic heterocycles. The van der Waals surface area contributed by atoms with E-state index in [0.717, 1.165) is 6.42 Å². The molecular formula is C12H15N3O2. The minimum atomic E-state index is -0.508. The third kappa shape index (κ3) is 3.76. The molecule has 90 valence electrons. The van der Waals surface area contributed by atoms with Gasteiger partial charge in [0.15, 0.2) is 5.69 Å². The highest BCUT2D eigenvalue weighted by molar-refractivity contribution is 5.87. The fraction of sp³-hybridized carbons (Fsp3) is 0.417. The zero-order valence-electron chi connectivity index (χ0n) is 9.93. The van der Waals surface area contributed by atoms with Crippen molar-refractivity contribution >= 4 is 11.8 Å². The van der Waals surface area contributed by atoms with Gasteiger partial charge in [-0.25, -0.2) is 9.78 Å². The molecular weight excluding hydrogens is 218 g/mol. The summed E-state index contributed by atoms with van der Waals surface area (Å²) in [6.45, 7) is 2.02. The number of carbonyl (C=O) groups excluding carboxylic acids is 1. The lowest BCUT2D eigenvalue weighted by Crippen LogP contribution is -2.19. The first-order valence-corrected chi connectivity index (χ1v) is 5.31. The van der Waals surface area contributed by atoms with Crippen molar-refractivity contribution in [2.45, 2.75) is 25.8 Å². The van der Waals surface area contributed by atoms with E-state index in [1.165, 1.54) is 13.3 Å². The summed E-state index contributed by atoms with van der Waals surface area (Å²) in [4.78, 5) is 19.3. The Morgan fingerprint density at radius 3 is 3.00 bits per heavy atom. The standard InChI is InChI=1S/C12H15N3O2/c1-4-6-9(5-2)14-11-8-13-7-10(15-11)12(16)17-3/h1,7-9H,5-6H2,2-3H3,(H,14,15). The summed E-state index contributed by atoms with van der Waals surface area (Å²) in [6.07, 6.45) is 9.63. The molecule has 1 unspecified atom stereocenters. The maximum Gasteiger partial charge on any atom is 0.358 e. The molecule has 0 fully saturated rings. The Morgan fingerprint density at radius 2 is 2.41 bits per heavy atom. The van der Waals surface area contributed by atoms with Gasteiger partial charge in [0.2, 0.25) is 0 Å². The summed E-state index contributed by atoms with van der Waals surface area (Å²) in [5.41, 5.74) is 0.174. The quantitative estimate of drug-likeness (QED) is 0.616. The Morgan fingerprint density at radius 1 is 1.65 bits per heavy atom. The predicted octanol–water partition coefficient (Wildman–Crippen LogP) is 1.48. The van der Waals surface area contributed by atoms with Gasteiger partial charge in [-0.1, -0.05) is 6.92 Å². The fourth-order valence-corrected chi connectivity index (χ4v) is 1.29. The van der Waals surface area contributed by atoms with Crippen LogP contribution in [-0.4, -0.2) is 29.1 Å². The molecule has 0 aliphatic carbocycles. The number of carbonyl (C=O) groups is 1. The van der Waals surface area contributed by atoms with Gasteiger partial charge < -0.3 is 10.1 Å². The molecule has 0 saturated heterocycles. The zero-order valence-corrected chi connectivity index (χ0v) is 9.93. The number of rotatable bonds is 5. The monoisotopic (exact) mass is 233 g/mol. The van der Waals surface area contributed by atoms with Crippen LogP contribution in [0.15, 0.2) is 12.4 Å². The smallest absolute Gasteiger partial charge is 0.358 e. The van der Waals surface area contributed by atoms with Gasteiger partial charge in [-0.2, -0.15) is 0 Å². The van der Waals surface area contributed by atoms with Crippen LogP contribution in [0.25, 0.3) is 0 Å². The first-order chi connectivity index (χ1) is 8.21. The number of nitrogens with one attached hydrogen (secondary N) is 1. The predicted molar refractivity (Wildman–Crippen MR) is 64.5 cm³/mol. The summed E-state index contributed by atoms with van der Waals surface area (Å²) in [5.74, 6) is 2.60. The van der Waals surface area contributed by atoms with E-state index in [1.54, 1.807) is 6.20 Å². The molecule has 1 N–H and O–H groups in total. The summed E-state index contributed by atoms with van der Waals surface area (Å²) in [7, 11) is 1.30. The summed E-state index contributed by atoms with van der Waals surface area (Å²) >= 11 is 0. The third-order valence-electron chi connectivity index (χ3n) is 2.24. The van der Waals surface area contributed by atoms with E-state index >= 15 is 0 Å². The van der Waals surface area contributed by atoms with Crippen LogP contribution in [0.4, 0.5) is 5.82 Å². The number of terminal acetylenes is 1. The van der Waals surface area contributed by atoms with Crippen molar-refractivity contribution in [1.29, 1.82) is 0 Å². The van der Waals surface area contributed by atoms with Crippen molar-refractivity contribution in [1.82, 2.24) is 9.97 Å². The maximum atomic E-state index is 11.3. The number of nitrogens with zero attached hydrogens (tertiary/aromatic N) is 2. The summed E-state index contributed by atoms with van der Waals surface area (Å²) in [5, 5.41) is 3.13. The molecule has 0 aliphatic rings. The zero-order chi connectivity index (χ0) is 12.7. The Hall–Kier alpha value is -2.09. The number of anilines is 1. The van der Waals surface area contributed by atoms with Crippen LogP contribution >= 0.6 is 0 Å². The fourth-order valence-electron chi connectivity index (χ4n) is 1.29. The molecule has 0 spiro atoms. The Bertz CT molecular complexity index is 426.